The number of rotatable bonds is 6. The summed E-state index contributed by atoms with van der Waals surface area (Å²) in [6.07, 6.45) is 13.7. The Bertz CT molecular complexity index is 1020. The first-order valence-electron chi connectivity index (χ1n) is 15.4. The van der Waals surface area contributed by atoms with Crippen molar-refractivity contribution in [3.63, 3.8) is 0 Å². The van der Waals surface area contributed by atoms with Crippen molar-refractivity contribution in [3.8, 4) is 0 Å². The van der Waals surface area contributed by atoms with Crippen LogP contribution in [-0.4, -0.2) is 58.9 Å². The molecule has 8 atom stereocenters. The molecule has 0 aromatic carbocycles. The van der Waals surface area contributed by atoms with Gasteiger partial charge in [0.1, 0.15) is 0 Å². The number of nitrogens with zero attached hydrogens (tertiary/aromatic N) is 2. The quantitative estimate of drug-likeness (QED) is 0.282. The van der Waals surface area contributed by atoms with Crippen LogP contribution in [0.4, 0.5) is 4.79 Å². The van der Waals surface area contributed by atoms with E-state index in [-0.39, 0.29) is 35.1 Å². The van der Waals surface area contributed by atoms with Crippen molar-refractivity contribution in [1.82, 2.24) is 10.2 Å². The lowest BCUT2D eigenvalue weighted by atomic mass is 9.46. The molecule has 2 unspecified atom stereocenters. The number of aliphatic hydroxyl groups is 1. The zero-order valence-electron chi connectivity index (χ0n) is 23.6. The van der Waals surface area contributed by atoms with Crippen molar-refractivity contribution in [1.29, 1.82) is 0 Å². The molecule has 4 saturated carbocycles. The fourth-order valence-electron chi connectivity index (χ4n) is 9.61. The number of carbonyl (C=O) groups excluding carboxylic acids is 2. The second kappa shape index (κ2) is 10.0. The number of oxime groups is 1. The zero-order chi connectivity index (χ0) is 26.7. The standard InChI is InChI=1S/C31H47N3O4/c1-19(33-38-29(37)34(21-5-6-21)17-13-27-28(36)12-16-32-27)24-8-9-25-23-7-4-20-18-22(35)10-14-30(20,2)26(23)11-15-31(24,25)3/h18,21,23-28,32,36H,4-17H2,1-3H3/b33-19+/t23-,24+,25-,26-,27?,28?,30-,31+/m0/s1. The highest BCUT2D eigenvalue weighted by molar-refractivity contribution is 5.91. The van der Waals surface area contributed by atoms with Crippen LogP contribution in [0.5, 0.6) is 0 Å². The summed E-state index contributed by atoms with van der Waals surface area (Å²) in [5, 5.41) is 17.9. The third kappa shape index (κ3) is 4.55. The van der Waals surface area contributed by atoms with E-state index in [2.05, 4.69) is 31.2 Å². The van der Waals surface area contributed by atoms with Crippen LogP contribution in [0.1, 0.15) is 97.8 Å². The molecule has 7 heteroatoms. The zero-order valence-corrected chi connectivity index (χ0v) is 23.6. The molecule has 7 nitrogen and oxygen atoms in total. The molecule has 0 aromatic heterocycles. The van der Waals surface area contributed by atoms with Gasteiger partial charge >= 0.3 is 6.09 Å². The van der Waals surface area contributed by atoms with E-state index in [4.69, 9.17) is 4.84 Å². The average Bonchev–Trinajstić information content (AvgIpc) is 3.54. The second-order valence-corrected chi connectivity index (χ2v) is 13.9. The monoisotopic (exact) mass is 525 g/mol. The molecule has 0 spiro atoms. The highest BCUT2D eigenvalue weighted by Gasteiger charge is 2.59. The Balaban J connectivity index is 1.11. The van der Waals surface area contributed by atoms with E-state index in [9.17, 15) is 14.7 Å². The number of hydrogen-bond donors (Lipinski definition) is 2. The minimum Gasteiger partial charge on any atom is -0.391 e. The molecule has 0 bridgehead atoms. The number of allylic oxidation sites excluding steroid dienone is 1. The van der Waals surface area contributed by atoms with Crippen molar-refractivity contribution in [2.24, 2.45) is 39.7 Å². The van der Waals surface area contributed by atoms with Crippen LogP contribution in [0.15, 0.2) is 16.8 Å². The lowest BCUT2D eigenvalue weighted by Gasteiger charge is -2.58. The lowest BCUT2D eigenvalue weighted by Crippen LogP contribution is -2.51. The number of carbonyl (C=O) groups is 2. The first-order chi connectivity index (χ1) is 18.2. The van der Waals surface area contributed by atoms with Gasteiger partial charge in [0.2, 0.25) is 0 Å². The molecule has 1 heterocycles. The van der Waals surface area contributed by atoms with Crippen LogP contribution in [-0.2, 0) is 9.63 Å². The molecule has 6 rings (SSSR count). The van der Waals surface area contributed by atoms with Gasteiger partial charge in [-0.15, -0.1) is 0 Å². The molecule has 0 radical (unpaired) electrons. The molecule has 210 valence electrons. The van der Waals surface area contributed by atoms with Crippen LogP contribution in [0.25, 0.3) is 0 Å². The Morgan fingerprint density at radius 2 is 1.92 bits per heavy atom. The Morgan fingerprint density at radius 1 is 1.11 bits per heavy atom. The maximum Gasteiger partial charge on any atom is 0.436 e. The Labute approximate surface area is 227 Å². The first kappa shape index (κ1) is 26.5. The van der Waals surface area contributed by atoms with Crippen LogP contribution in [0, 0.1) is 34.5 Å². The summed E-state index contributed by atoms with van der Waals surface area (Å²) in [5.41, 5.74) is 2.79. The smallest absolute Gasteiger partial charge is 0.391 e. The van der Waals surface area contributed by atoms with E-state index < -0.39 is 0 Å². The molecule has 38 heavy (non-hydrogen) atoms. The molecular formula is C31H47N3O4. The number of hydrogen-bond acceptors (Lipinski definition) is 6. The fraction of sp³-hybridized carbons (Fsp3) is 0.839. The van der Waals surface area contributed by atoms with Crippen molar-refractivity contribution >= 4 is 17.6 Å². The van der Waals surface area contributed by atoms with Crippen LogP contribution >= 0.6 is 0 Å². The van der Waals surface area contributed by atoms with Gasteiger partial charge in [0.15, 0.2) is 5.78 Å². The van der Waals surface area contributed by atoms with Gasteiger partial charge in [0.25, 0.3) is 0 Å². The van der Waals surface area contributed by atoms with E-state index in [1.54, 1.807) is 0 Å². The van der Waals surface area contributed by atoms with Gasteiger partial charge in [0.05, 0.1) is 11.8 Å². The van der Waals surface area contributed by atoms with Gasteiger partial charge in [-0.05, 0) is 119 Å². The molecule has 6 aliphatic rings. The summed E-state index contributed by atoms with van der Waals surface area (Å²) < 4.78 is 0. The van der Waals surface area contributed by atoms with Gasteiger partial charge in [0, 0.05) is 31.0 Å². The van der Waals surface area contributed by atoms with Crippen LogP contribution in [0.3, 0.4) is 0 Å². The molecule has 5 aliphatic carbocycles. The Morgan fingerprint density at radius 3 is 2.66 bits per heavy atom. The predicted octanol–water partition coefficient (Wildman–Crippen LogP) is 5.22. The van der Waals surface area contributed by atoms with E-state index in [1.165, 1.54) is 31.3 Å². The van der Waals surface area contributed by atoms with Gasteiger partial charge in [-0.25, -0.2) is 4.79 Å². The van der Waals surface area contributed by atoms with Gasteiger partial charge in [-0.3, -0.25) is 9.63 Å². The van der Waals surface area contributed by atoms with Gasteiger partial charge in [-0.2, -0.15) is 0 Å². The molecule has 1 aliphatic heterocycles. The number of fused-ring (bicyclic) bond motifs is 5. The highest BCUT2D eigenvalue weighted by Crippen LogP contribution is 2.66. The molecule has 0 aromatic rings. The number of amides is 1. The summed E-state index contributed by atoms with van der Waals surface area (Å²) in [5.74, 6) is 2.76. The summed E-state index contributed by atoms with van der Waals surface area (Å²) in [6.45, 7) is 8.41. The molecule has 2 N–H and O–H groups in total. The van der Waals surface area contributed by atoms with Gasteiger partial charge < -0.3 is 15.3 Å². The summed E-state index contributed by atoms with van der Waals surface area (Å²) >= 11 is 0. The van der Waals surface area contributed by atoms with Gasteiger partial charge in [-0.1, -0.05) is 24.6 Å². The highest BCUT2D eigenvalue weighted by atomic mass is 16.7. The third-order valence-corrected chi connectivity index (χ3v) is 11.9. The minimum atomic E-state index is -0.339. The van der Waals surface area contributed by atoms with E-state index in [0.29, 0.717) is 42.4 Å². The summed E-state index contributed by atoms with van der Waals surface area (Å²) in [7, 11) is 0. The lowest BCUT2D eigenvalue weighted by molar-refractivity contribution is -0.117. The van der Waals surface area contributed by atoms with E-state index in [1.807, 2.05) is 11.0 Å². The van der Waals surface area contributed by atoms with E-state index >= 15 is 0 Å². The first-order valence-corrected chi connectivity index (χ1v) is 15.4. The summed E-state index contributed by atoms with van der Waals surface area (Å²) in [4.78, 5) is 32.6. The second-order valence-electron chi connectivity index (χ2n) is 13.9. The average molecular weight is 526 g/mol. The SMILES string of the molecule is C/C(=N\OC(=O)N(CCC1NCCC1O)C1CC1)[C@H]1CC[C@H]2[C@@H]3CCC4=CC(=O)CC[C@]4(C)[C@H]3CC[C@]12C. The minimum absolute atomic E-state index is 0.0579. The summed E-state index contributed by atoms with van der Waals surface area (Å²) in [6, 6.07) is 0.310. The third-order valence-electron chi connectivity index (χ3n) is 11.9. The molecule has 1 saturated heterocycles. The molecule has 1 amide bonds. The maximum atomic E-state index is 13.1. The van der Waals surface area contributed by atoms with Crippen LogP contribution in [0.2, 0.25) is 0 Å². The topological polar surface area (TPSA) is 91.2 Å². The Hall–Kier alpha value is -1.73. The number of nitrogens with one attached hydrogen (secondary N) is 1. The molecular weight excluding hydrogens is 478 g/mol. The van der Waals surface area contributed by atoms with Crippen molar-refractivity contribution < 1.29 is 19.5 Å². The van der Waals surface area contributed by atoms with Crippen molar-refractivity contribution in [2.45, 2.75) is 116 Å². The van der Waals surface area contributed by atoms with Crippen molar-refractivity contribution in [2.75, 3.05) is 13.1 Å². The van der Waals surface area contributed by atoms with E-state index in [0.717, 1.165) is 57.2 Å². The normalized spacial score (nSPS) is 42.7. The fourth-order valence-corrected chi connectivity index (χ4v) is 9.61. The Kier molecular flexibility index (Phi) is 6.99. The van der Waals surface area contributed by atoms with Crippen molar-refractivity contribution in [3.05, 3.63) is 11.6 Å². The maximum absolute atomic E-state index is 13.1. The largest absolute Gasteiger partial charge is 0.436 e. The number of ketones is 1. The molecule has 5 fully saturated rings. The predicted molar refractivity (Wildman–Crippen MR) is 147 cm³/mol. The van der Waals surface area contributed by atoms with Crippen LogP contribution < -0.4 is 5.32 Å². The number of aliphatic hydroxyl groups excluding tert-OH is 1.